The minimum absolute atomic E-state index is 0.113. The quantitative estimate of drug-likeness (QED) is 0.711. The largest absolute Gasteiger partial charge is 0.478 e. The molecule has 0 unspecified atom stereocenters. The molecule has 26 heavy (non-hydrogen) atoms. The van der Waals surface area contributed by atoms with Gasteiger partial charge in [0, 0.05) is 31.6 Å². The van der Waals surface area contributed by atoms with Gasteiger partial charge in [0.2, 0.25) is 5.89 Å². The number of aromatic carboxylic acids is 1. The Balaban J connectivity index is 1.41. The van der Waals surface area contributed by atoms with Gasteiger partial charge in [0.25, 0.3) is 5.91 Å². The number of H-pyrrole nitrogens is 1. The average molecular weight is 375 g/mol. The number of aryl methyl sites for hydroxylation is 1. The molecule has 0 aromatic carbocycles. The maximum absolute atomic E-state index is 12.7. The summed E-state index contributed by atoms with van der Waals surface area (Å²) in [5, 5.41) is 14.5. The second kappa shape index (κ2) is 6.54. The number of nitrogens with zero attached hydrogens (tertiary/aromatic N) is 4. The van der Waals surface area contributed by atoms with Gasteiger partial charge in [-0.15, -0.1) is 11.3 Å². The minimum atomic E-state index is -0.998. The predicted molar refractivity (Wildman–Crippen MR) is 93.4 cm³/mol. The zero-order valence-electron chi connectivity index (χ0n) is 14.1. The fraction of sp³-hybridized carbons (Fsp3) is 0.375. The molecule has 2 N–H and O–H groups in total. The lowest BCUT2D eigenvalue weighted by atomic mass is 10.2. The lowest BCUT2D eigenvalue weighted by Crippen LogP contribution is -2.48. The number of hydrogen-bond donors (Lipinski definition) is 2. The van der Waals surface area contributed by atoms with E-state index >= 15 is 0 Å². The van der Waals surface area contributed by atoms with Crippen LogP contribution < -0.4 is 0 Å². The van der Waals surface area contributed by atoms with Gasteiger partial charge in [-0.1, -0.05) is 5.16 Å². The molecular formula is C16H17N5O4S. The molecule has 4 heterocycles. The number of aromatic nitrogens is 3. The number of nitrogens with one attached hydrogen (secondary N) is 1. The molecule has 3 aromatic heterocycles. The molecule has 0 saturated carbocycles. The first-order chi connectivity index (χ1) is 12.5. The molecule has 1 saturated heterocycles. The van der Waals surface area contributed by atoms with Crippen molar-refractivity contribution < 1.29 is 19.2 Å². The zero-order valence-corrected chi connectivity index (χ0v) is 14.9. The summed E-state index contributed by atoms with van der Waals surface area (Å²) >= 11 is 1.32. The molecule has 0 spiro atoms. The summed E-state index contributed by atoms with van der Waals surface area (Å²) in [6, 6.07) is 1.72. The van der Waals surface area contributed by atoms with Gasteiger partial charge < -0.3 is 19.5 Å². The standard InChI is InChI=1S/C16H17N5O4S/c1-9-17-13(25-19-9)7-20-2-4-21(5-3-20)15(22)11-6-12-14(18-11)10(8-26-12)16(23)24/h6,8,18H,2-5,7H2,1H3,(H,23,24). The predicted octanol–water partition coefficient (Wildman–Crippen LogP) is 1.58. The highest BCUT2D eigenvalue weighted by Gasteiger charge is 2.25. The lowest BCUT2D eigenvalue weighted by molar-refractivity contribution is 0.0609. The van der Waals surface area contributed by atoms with Crippen molar-refractivity contribution in [2.45, 2.75) is 13.5 Å². The Morgan fingerprint density at radius 2 is 2.12 bits per heavy atom. The van der Waals surface area contributed by atoms with E-state index in [1.54, 1.807) is 23.3 Å². The Kier molecular flexibility index (Phi) is 4.21. The molecule has 1 aliphatic heterocycles. The van der Waals surface area contributed by atoms with Gasteiger partial charge in [-0.05, 0) is 13.0 Å². The van der Waals surface area contributed by atoms with Crippen molar-refractivity contribution in [3.8, 4) is 0 Å². The molecule has 1 amide bonds. The van der Waals surface area contributed by atoms with Crippen LogP contribution in [0.4, 0.5) is 0 Å². The molecule has 4 rings (SSSR count). The number of carboxylic acids is 1. The average Bonchev–Trinajstić information content (AvgIpc) is 3.30. The number of aromatic amines is 1. The maximum Gasteiger partial charge on any atom is 0.338 e. The van der Waals surface area contributed by atoms with Gasteiger partial charge in [0.1, 0.15) is 5.69 Å². The first-order valence-corrected chi connectivity index (χ1v) is 9.03. The van der Waals surface area contributed by atoms with Gasteiger partial charge >= 0.3 is 5.97 Å². The highest BCUT2D eigenvalue weighted by molar-refractivity contribution is 7.17. The Morgan fingerprint density at radius 1 is 1.35 bits per heavy atom. The highest BCUT2D eigenvalue weighted by atomic mass is 32.1. The number of hydrogen-bond acceptors (Lipinski definition) is 7. The van der Waals surface area contributed by atoms with Crippen LogP contribution in [0.3, 0.4) is 0 Å². The smallest absolute Gasteiger partial charge is 0.338 e. The lowest BCUT2D eigenvalue weighted by Gasteiger charge is -2.33. The van der Waals surface area contributed by atoms with Gasteiger partial charge in [-0.25, -0.2) is 4.79 Å². The molecule has 0 radical (unpaired) electrons. The number of thiophene rings is 1. The third kappa shape index (κ3) is 3.08. The number of piperazine rings is 1. The summed E-state index contributed by atoms with van der Waals surface area (Å²) in [6.07, 6.45) is 0. The monoisotopic (exact) mass is 375 g/mol. The summed E-state index contributed by atoms with van der Waals surface area (Å²) in [7, 11) is 0. The highest BCUT2D eigenvalue weighted by Crippen LogP contribution is 2.27. The molecule has 10 heteroatoms. The normalized spacial score (nSPS) is 15.7. The van der Waals surface area contributed by atoms with Crippen LogP contribution >= 0.6 is 11.3 Å². The van der Waals surface area contributed by atoms with E-state index in [9.17, 15) is 14.7 Å². The molecule has 0 aliphatic carbocycles. The van der Waals surface area contributed by atoms with E-state index in [1.165, 1.54) is 11.3 Å². The number of carboxylic acid groups (broad SMARTS) is 1. The van der Waals surface area contributed by atoms with Crippen LogP contribution in [-0.4, -0.2) is 68.1 Å². The van der Waals surface area contributed by atoms with Crippen LogP contribution in [0.2, 0.25) is 0 Å². The van der Waals surface area contributed by atoms with Crippen LogP contribution in [0.25, 0.3) is 10.2 Å². The zero-order chi connectivity index (χ0) is 18.3. The summed E-state index contributed by atoms with van der Waals surface area (Å²) in [5.74, 6) is 0.0781. The summed E-state index contributed by atoms with van der Waals surface area (Å²) in [4.78, 5) is 35.0. The second-order valence-corrected chi connectivity index (χ2v) is 7.09. The van der Waals surface area contributed by atoms with Crippen LogP contribution in [0, 0.1) is 6.92 Å². The van der Waals surface area contributed by atoms with Crippen LogP contribution in [0.15, 0.2) is 16.0 Å². The first-order valence-electron chi connectivity index (χ1n) is 8.15. The van der Waals surface area contributed by atoms with Crippen molar-refractivity contribution in [2.24, 2.45) is 0 Å². The van der Waals surface area contributed by atoms with Crippen LogP contribution in [-0.2, 0) is 6.54 Å². The van der Waals surface area contributed by atoms with E-state index in [2.05, 4.69) is 20.0 Å². The van der Waals surface area contributed by atoms with Gasteiger partial charge in [0.15, 0.2) is 5.82 Å². The Labute approximate surface area is 152 Å². The summed E-state index contributed by atoms with van der Waals surface area (Å²) in [6.45, 7) is 4.95. The fourth-order valence-electron chi connectivity index (χ4n) is 3.06. The minimum Gasteiger partial charge on any atom is -0.478 e. The van der Waals surface area contributed by atoms with Crippen molar-refractivity contribution in [1.29, 1.82) is 0 Å². The fourth-order valence-corrected chi connectivity index (χ4v) is 3.99. The molecule has 1 fully saturated rings. The molecular weight excluding hydrogens is 358 g/mol. The van der Waals surface area contributed by atoms with Crippen LogP contribution in [0.1, 0.15) is 32.6 Å². The van der Waals surface area contributed by atoms with Crippen molar-refractivity contribution in [3.63, 3.8) is 0 Å². The second-order valence-electron chi connectivity index (χ2n) is 6.18. The topological polar surface area (TPSA) is 116 Å². The Hall–Kier alpha value is -2.72. The van der Waals surface area contributed by atoms with Crippen molar-refractivity contribution >= 4 is 33.4 Å². The number of rotatable bonds is 4. The third-order valence-corrected chi connectivity index (χ3v) is 5.33. The molecule has 1 aliphatic rings. The van der Waals surface area contributed by atoms with Crippen molar-refractivity contribution in [3.05, 3.63) is 34.4 Å². The summed E-state index contributed by atoms with van der Waals surface area (Å²) in [5.41, 5.74) is 1.13. The van der Waals surface area contributed by atoms with E-state index in [0.29, 0.717) is 55.6 Å². The molecule has 0 bridgehead atoms. The Bertz CT molecular complexity index is 967. The number of fused-ring (bicyclic) bond motifs is 1. The molecule has 0 atom stereocenters. The van der Waals surface area contributed by atoms with E-state index < -0.39 is 5.97 Å². The SMILES string of the molecule is Cc1noc(CN2CCN(C(=O)c3cc4scc(C(=O)O)c4[nH]3)CC2)n1. The number of amides is 1. The van der Waals surface area contributed by atoms with E-state index in [-0.39, 0.29) is 11.5 Å². The molecule has 9 nitrogen and oxygen atoms in total. The maximum atomic E-state index is 12.7. The first kappa shape index (κ1) is 16.7. The van der Waals surface area contributed by atoms with Gasteiger partial charge in [0.05, 0.1) is 22.3 Å². The van der Waals surface area contributed by atoms with E-state index in [4.69, 9.17) is 4.52 Å². The van der Waals surface area contributed by atoms with E-state index in [0.717, 1.165) is 4.70 Å². The third-order valence-electron chi connectivity index (χ3n) is 4.40. The van der Waals surface area contributed by atoms with Crippen molar-refractivity contribution in [2.75, 3.05) is 26.2 Å². The number of carbonyl (C=O) groups is 2. The summed E-state index contributed by atoms with van der Waals surface area (Å²) < 4.78 is 5.91. The van der Waals surface area contributed by atoms with Crippen molar-refractivity contribution in [1.82, 2.24) is 24.9 Å². The molecule has 3 aromatic rings. The Morgan fingerprint density at radius 3 is 2.77 bits per heavy atom. The van der Waals surface area contributed by atoms with Gasteiger partial charge in [-0.3, -0.25) is 9.69 Å². The van der Waals surface area contributed by atoms with Gasteiger partial charge in [-0.2, -0.15) is 4.98 Å². The van der Waals surface area contributed by atoms with Crippen LogP contribution in [0.5, 0.6) is 0 Å². The van der Waals surface area contributed by atoms with E-state index in [1.807, 2.05) is 0 Å². The number of carbonyl (C=O) groups excluding carboxylic acids is 1. The molecule has 136 valence electrons.